The monoisotopic (exact) mass is 359 g/mol. The van der Waals surface area contributed by atoms with Crippen molar-refractivity contribution in [3.8, 4) is 11.6 Å². The van der Waals surface area contributed by atoms with Gasteiger partial charge in [-0.25, -0.2) is 19.6 Å². The Hall–Kier alpha value is -3.16. The number of carbonyl (C=O) groups is 2. The van der Waals surface area contributed by atoms with E-state index in [-0.39, 0.29) is 12.4 Å². The molecule has 0 aliphatic carbocycles. The predicted octanol–water partition coefficient (Wildman–Crippen LogP) is 3.08. The fourth-order valence-corrected chi connectivity index (χ4v) is 1.93. The minimum absolute atomic E-state index is 0.163. The largest absolute Gasteiger partial charge is 0.465 e. The van der Waals surface area contributed by atoms with Crippen LogP contribution in [0.25, 0.3) is 0 Å². The van der Waals surface area contributed by atoms with Gasteiger partial charge in [-0.3, -0.25) is 0 Å². The summed E-state index contributed by atoms with van der Waals surface area (Å²) in [6.07, 6.45) is 0.787. The summed E-state index contributed by atoms with van der Waals surface area (Å²) >= 11 is 0. The number of amides is 1. The van der Waals surface area contributed by atoms with Crippen molar-refractivity contribution in [3.63, 3.8) is 0 Å². The second kappa shape index (κ2) is 8.28. The van der Waals surface area contributed by atoms with Crippen molar-refractivity contribution in [3.05, 3.63) is 47.9 Å². The lowest BCUT2D eigenvalue weighted by atomic mass is 10.2. The van der Waals surface area contributed by atoms with Gasteiger partial charge < -0.3 is 19.5 Å². The molecule has 8 nitrogen and oxygen atoms in total. The molecule has 2 rings (SSSR count). The van der Waals surface area contributed by atoms with Crippen LogP contribution in [0.3, 0.4) is 0 Å². The molecular formula is C18H21N3O5. The zero-order chi connectivity index (χ0) is 19.2. The number of rotatable bonds is 5. The molecule has 0 unspecified atom stereocenters. The van der Waals surface area contributed by atoms with Crippen LogP contribution in [0, 0.1) is 0 Å². The van der Waals surface area contributed by atoms with Gasteiger partial charge in [0.15, 0.2) is 0 Å². The van der Waals surface area contributed by atoms with Crippen LogP contribution < -0.4 is 10.1 Å². The summed E-state index contributed by atoms with van der Waals surface area (Å²) in [5, 5.41) is 2.61. The maximum atomic E-state index is 11.7. The van der Waals surface area contributed by atoms with Crippen molar-refractivity contribution >= 4 is 12.1 Å². The number of nitrogens with zero attached hydrogens (tertiary/aromatic N) is 2. The van der Waals surface area contributed by atoms with Crippen molar-refractivity contribution < 1.29 is 23.8 Å². The molecule has 0 fully saturated rings. The summed E-state index contributed by atoms with van der Waals surface area (Å²) in [5.41, 5.74) is 0.338. The van der Waals surface area contributed by atoms with Crippen molar-refractivity contribution in [2.45, 2.75) is 32.9 Å². The van der Waals surface area contributed by atoms with Gasteiger partial charge in [0.05, 0.1) is 24.9 Å². The molecule has 1 amide bonds. The standard InChI is InChI=1S/C18H21N3O5/c1-18(2,3)26-17(23)19-10-13-9-15(21-11-20-13)25-14-7-5-6-12(8-14)16(22)24-4/h5-9,11H,10H2,1-4H3,(H,19,23). The molecule has 0 saturated carbocycles. The number of aromatic nitrogens is 2. The summed E-state index contributed by atoms with van der Waals surface area (Å²) < 4.78 is 15.5. The lowest BCUT2D eigenvalue weighted by molar-refractivity contribution is 0.0521. The molecule has 138 valence electrons. The molecule has 0 spiro atoms. The summed E-state index contributed by atoms with van der Waals surface area (Å²) in [6, 6.07) is 8.12. The molecule has 1 heterocycles. The first-order chi connectivity index (χ1) is 12.3. The molecule has 8 heteroatoms. The Morgan fingerprint density at radius 1 is 1.15 bits per heavy atom. The number of hydrogen-bond acceptors (Lipinski definition) is 7. The third-order valence-corrected chi connectivity index (χ3v) is 2.99. The van der Waals surface area contributed by atoms with Crippen LogP contribution in [0.4, 0.5) is 4.79 Å². The minimum atomic E-state index is -0.575. The normalized spacial score (nSPS) is 10.8. The number of methoxy groups -OCH3 is 1. The van der Waals surface area contributed by atoms with Crippen molar-refractivity contribution in [2.24, 2.45) is 0 Å². The van der Waals surface area contributed by atoms with Crippen LogP contribution in [0.15, 0.2) is 36.7 Å². The smallest absolute Gasteiger partial charge is 0.407 e. The number of nitrogens with one attached hydrogen (secondary N) is 1. The van der Waals surface area contributed by atoms with Gasteiger partial charge in [-0.15, -0.1) is 0 Å². The van der Waals surface area contributed by atoms with E-state index in [2.05, 4.69) is 20.0 Å². The van der Waals surface area contributed by atoms with Crippen LogP contribution in [0.1, 0.15) is 36.8 Å². The Bertz CT molecular complexity index is 786. The van der Waals surface area contributed by atoms with Gasteiger partial charge in [0, 0.05) is 6.07 Å². The molecule has 0 atom stereocenters. The summed E-state index contributed by atoms with van der Waals surface area (Å²) in [4.78, 5) is 31.3. The zero-order valence-electron chi connectivity index (χ0n) is 15.1. The van der Waals surface area contributed by atoms with E-state index in [4.69, 9.17) is 9.47 Å². The summed E-state index contributed by atoms with van der Waals surface area (Å²) in [5.74, 6) is 0.251. The van der Waals surface area contributed by atoms with Gasteiger partial charge in [-0.05, 0) is 39.0 Å². The maximum Gasteiger partial charge on any atom is 0.407 e. The molecule has 1 aromatic carbocycles. The highest BCUT2D eigenvalue weighted by Gasteiger charge is 2.16. The van der Waals surface area contributed by atoms with Crippen LogP contribution in [-0.4, -0.2) is 34.7 Å². The molecule has 1 aromatic heterocycles. The second-order valence-corrected chi connectivity index (χ2v) is 6.32. The van der Waals surface area contributed by atoms with Crippen molar-refractivity contribution in [1.82, 2.24) is 15.3 Å². The van der Waals surface area contributed by atoms with Crippen LogP contribution in [0.2, 0.25) is 0 Å². The number of benzene rings is 1. The Kier molecular flexibility index (Phi) is 6.11. The fraction of sp³-hybridized carbons (Fsp3) is 0.333. The number of esters is 1. The third kappa shape index (κ3) is 6.04. The van der Waals surface area contributed by atoms with Crippen molar-refractivity contribution in [1.29, 1.82) is 0 Å². The molecule has 1 N–H and O–H groups in total. The first-order valence-corrected chi connectivity index (χ1v) is 7.91. The lowest BCUT2D eigenvalue weighted by Gasteiger charge is -2.19. The van der Waals surface area contributed by atoms with E-state index in [0.29, 0.717) is 17.0 Å². The molecule has 0 radical (unpaired) electrons. The lowest BCUT2D eigenvalue weighted by Crippen LogP contribution is -2.32. The average molecular weight is 359 g/mol. The number of alkyl carbamates (subject to hydrolysis) is 1. The van der Waals surface area contributed by atoms with Gasteiger partial charge >= 0.3 is 12.1 Å². The summed E-state index contributed by atoms with van der Waals surface area (Å²) in [7, 11) is 1.31. The van der Waals surface area contributed by atoms with Crippen LogP contribution in [-0.2, 0) is 16.0 Å². The highest BCUT2D eigenvalue weighted by Crippen LogP contribution is 2.21. The van der Waals surface area contributed by atoms with Gasteiger partial charge in [-0.1, -0.05) is 6.07 Å². The topological polar surface area (TPSA) is 99.6 Å². The summed E-state index contributed by atoms with van der Waals surface area (Å²) in [6.45, 7) is 5.51. The molecule has 0 bridgehead atoms. The molecule has 0 aliphatic heterocycles. The van der Waals surface area contributed by atoms with E-state index in [1.54, 1.807) is 51.1 Å². The van der Waals surface area contributed by atoms with Gasteiger partial charge in [0.1, 0.15) is 17.7 Å². The van der Waals surface area contributed by atoms with E-state index in [0.717, 1.165) is 0 Å². The SMILES string of the molecule is COC(=O)c1cccc(Oc2cc(CNC(=O)OC(C)(C)C)ncn2)c1. The first-order valence-electron chi connectivity index (χ1n) is 7.91. The Morgan fingerprint density at radius 2 is 1.92 bits per heavy atom. The highest BCUT2D eigenvalue weighted by molar-refractivity contribution is 5.89. The van der Waals surface area contributed by atoms with Crippen molar-refractivity contribution in [2.75, 3.05) is 7.11 Å². The zero-order valence-corrected chi connectivity index (χ0v) is 15.1. The molecule has 2 aromatic rings. The second-order valence-electron chi connectivity index (χ2n) is 6.32. The molecule has 0 aliphatic rings. The Balaban J connectivity index is 2.01. The number of hydrogen-bond donors (Lipinski definition) is 1. The average Bonchev–Trinajstić information content (AvgIpc) is 2.58. The van der Waals surface area contributed by atoms with Gasteiger partial charge in [0.25, 0.3) is 0 Å². The maximum absolute atomic E-state index is 11.7. The quantitative estimate of drug-likeness (QED) is 0.819. The Labute approximate surface area is 151 Å². The van der Waals surface area contributed by atoms with E-state index < -0.39 is 17.7 Å². The van der Waals surface area contributed by atoms with Crippen LogP contribution in [0.5, 0.6) is 11.6 Å². The Morgan fingerprint density at radius 3 is 2.62 bits per heavy atom. The number of ether oxygens (including phenoxy) is 3. The van der Waals surface area contributed by atoms with Crippen LogP contribution >= 0.6 is 0 Å². The molecular weight excluding hydrogens is 338 g/mol. The fourth-order valence-electron chi connectivity index (χ4n) is 1.93. The van der Waals surface area contributed by atoms with Gasteiger partial charge in [-0.2, -0.15) is 0 Å². The third-order valence-electron chi connectivity index (χ3n) is 2.99. The van der Waals surface area contributed by atoms with E-state index >= 15 is 0 Å². The minimum Gasteiger partial charge on any atom is -0.465 e. The predicted molar refractivity (Wildman–Crippen MR) is 93.0 cm³/mol. The van der Waals surface area contributed by atoms with E-state index in [9.17, 15) is 9.59 Å². The van der Waals surface area contributed by atoms with Gasteiger partial charge in [0.2, 0.25) is 5.88 Å². The molecule has 0 saturated heterocycles. The molecule has 26 heavy (non-hydrogen) atoms. The number of carbonyl (C=O) groups excluding carboxylic acids is 2. The van der Waals surface area contributed by atoms with E-state index in [1.807, 2.05) is 0 Å². The first kappa shape index (κ1) is 19.2. The highest BCUT2D eigenvalue weighted by atomic mass is 16.6. The van der Waals surface area contributed by atoms with E-state index in [1.165, 1.54) is 13.4 Å².